The molecule has 0 bridgehead atoms. The molecule has 1 aromatic rings. The summed E-state index contributed by atoms with van der Waals surface area (Å²) in [5.41, 5.74) is 1.71. The van der Waals surface area contributed by atoms with E-state index in [1.165, 1.54) is 18.5 Å². The van der Waals surface area contributed by atoms with Gasteiger partial charge in [-0.15, -0.1) is 0 Å². The van der Waals surface area contributed by atoms with Gasteiger partial charge in [-0.2, -0.15) is 5.10 Å². The standard InChI is InChI=1S/C16H25N3O2/c1-11-10-18(7-8-21-11)15(20)13-9-14(12-5-6-12)19(17-13)16(2,3)4/h9,11-12H,5-8,10H2,1-4H3. The molecule has 1 saturated carbocycles. The van der Waals surface area contributed by atoms with Crippen LogP contribution in [0.4, 0.5) is 0 Å². The van der Waals surface area contributed by atoms with E-state index in [0.29, 0.717) is 31.3 Å². The van der Waals surface area contributed by atoms with Crippen molar-refractivity contribution in [1.29, 1.82) is 0 Å². The van der Waals surface area contributed by atoms with Gasteiger partial charge in [0, 0.05) is 24.7 Å². The zero-order valence-electron chi connectivity index (χ0n) is 13.4. The predicted molar refractivity (Wildman–Crippen MR) is 80.5 cm³/mol. The van der Waals surface area contributed by atoms with Crippen molar-refractivity contribution in [3.05, 3.63) is 17.5 Å². The van der Waals surface area contributed by atoms with Crippen molar-refractivity contribution in [3.8, 4) is 0 Å². The molecule has 3 rings (SSSR count). The van der Waals surface area contributed by atoms with Crippen LogP contribution in [-0.2, 0) is 10.3 Å². The number of hydrogen-bond donors (Lipinski definition) is 0. The molecule has 1 amide bonds. The van der Waals surface area contributed by atoms with Gasteiger partial charge < -0.3 is 9.64 Å². The highest BCUT2D eigenvalue weighted by Crippen LogP contribution is 2.41. The van der Waals surface area contributed by atoms with Crippen molar-refractivity contribution >= 4 is 5.91 Å². The first-order valence-electron chi connectivity index (χ1n) is 7.87. The highest BCUT2D eigenvalue weighted by atomic mass is 16.5. The van der Waals surface area contributed by atoms with Gasteiger partial charge in [0.15, 0.2) is 5.69 Å². The van der Waals surface area contributed by atoms with Crippen molar-refractivity contribution in [3.63, 3.8) is 0 Å². The molecule has 1 unspecified atom stereocenters. The summed E-state index contributed by atoms with van der Waals surface area (Å²) in [5.74, 6) is 0.622. The van der Waals surface area contributed by atoms with Crippen LogP contribution >= 0.6 is 0 Å². The molecule has 0 aromatic carbocycles. The third-order valence-corrected chi connectivity index (χ3v) is 4.12. The summed E-state index contributed by atoms with van der Waals surface area (Å²) in [6, 6.07) is 2.01. The number of nitrogens with zero attached hydrogens (tertiary/aromatic N) is 3. The molecular weight excluding hydrogens is 266 g/mol. The summed E-state index contributed by atoms with van der Waals surface area (Å²) in [4.78, 5) is 14.5. The van der Waals surface area contributed by atoms with E-state index in [2.05, 4.69) is 25.9 Å². The molecule has 116 valence electrons. The Kier molecular flexibility index (Phi) is 3.56. The van der Waals surface area contributed by atoms with Crippen molar-refractivity contribution in [1.82, 2.24) is 14.7 Å². The van der Waals surface area contributed by atoms with Crippen LogP contribution in [0.15, 0.2) is 6.07 Å². The number of hydrogen-bond acceptors (Lipinski definition) is 3. The Labute approximate surface area is 126 Å². The largest absolute Gasteiger partial charge is 0.375 e. The fourth-order valence-electron chi connectivity index (χ4n) is 2.87. The maximum atomic E-state index is 12.7. The number of ether oxygens (including phenoxy) is 1. The molecule has 5 heteroatoms. The molecular formula is C16H25N3O2. The Morgan fingerprint density at radius 3 is 2.67 bits per heavy atom. The monoisotopic (exact) mass is 291 g/mol. The van der Waals surface area contributed by atoms with E-state index in [-0.39, 0.29) is 17.6 Å². The van der Waals surface area contributed by atoms with Crippen molar-refractivity contribution in [2.24, 2.45) is 0 Å². The molecule has 2 fully saturated rings. The van der Waals surface area contributed by atoms with Gasteiger partial charge in [-0.25, -0.2) is 0 Å². The van der Waals surface area contributed by atoms with Crippen LogP contribution in [0, 0.1) is 0 Å². The lowest BCUT2D eigenvalue weighted by molar-refractivity contribution is -0.0126. The average molecular weight is 291 g/mol. The number of amides is 1. The van der Waals surface area contributed by atoms with Gasteiger partial charge in [-0.1, -0.05) is 0 Å². The molecule has 21 heavy (non-hydrogen) atoms. The van der Waals surface area contributed by atoms with E-state index in [1.807, 2.05) is 22.6 Å². The lowest BCUT2D eigenvalue weighted by Crippen LogP contribution is -2.44. The lowest BCUT2D eigenvalue weighted by Gasteiger charge is -2.30. The second kappa shape index (κ2) is 5.13. The second-order valence-corrected chi connectivity index (χ2v) is 7.24. The topological polar surface area (TPSA) is 47.4 Å². The molecule has 2 heterocycles. The number of morpholine rings is 1. The van der Waals surface area contributed by atoms with Crippen LogP contribution in [0.2, 0.25) is 0 Å². The van der Waals surface area contributed by atoms with Crippen LogP contribution in [0.25, 0.3) is 0 Å². The van der Waals surface area contributed by atoms with Gasteiger partial charge in [0.05, 0.1) is 18.2 Å². The second-order valence-electron chi connectivity index (χ2n) is 7.24. The lowest BCUT2D eigenvalue weighted by atomic mass is 10.1. The Balaban J connectivity index is 1.86. The fraction of sp³-hybridized carbons (Fsp3) is 0.750. The van der Waals surface area contributed by atoms with E-state index >= 15 is 0 Å². The Morgan fingerprint density at radius 2 is 2.10 bits per heavy atom. The van der Waals surface area contributed by atoms with Crippen molar-refractivity contribution < 1.29 is 9.53 Å². The first kappa shape index (κ1) is 14.6. The highest BCUT2D eigenvalue weighted by molar-refractivity contribution is 5.92. The minimum atomic E-state index is -0.0885. The third kappa shape index (κ3) is 2.98. The van der Waals surface area contributed by atoms with E-state index in [1.54, 1.807) is 0 Å². The zero-order chi connectivity index (χ0) is 15.2. The number of carbonyl (C=O) groups is 1. The van der Waals surface area contributed by atoms with Crippen molar-refractivity contribution in [2.75, 3.05) is 19.7 Å². The molecule has 0 spiro atoms. The Hall–Kier alpha value is -1.36. The maximum Gasteiger partial charge on any atom is 0.274 e. The highest BCUT2D eigenvalue weighted by Gasteiger charge is 2.33. The molecule has 0 radical (unpaired) electrons. The predicted octanol–water partition coefficient (Wildman–Crippen LogP) is 2.38. The SMILES string of the molecule is CC1CN(C(=O)c2cc(C3CC3)n(C(C)(C)C)n2)CCO1. The smallest absolute Gasteiger partial charge is 0.274 e. The van der Waals surface area contributed by atoms with Gasteiger partial charge in [0.25, 0.3) is 5.91 Å². The van der Waals surface area contributed by atoms with Gasteiger partial charge in [0.2, 0.25) is 0 Å². The van der Waals surface area contributed by atoms with Gasteiger partial charge in [-0.3, -0.25) is 9.48 Å². The summed E-state index contributed by atoms with van der Waals surface area (Å²) in [6.07, 6.45) is 2.53. The van der Waals surface area contributed by atoms with Gasteiger partial charge >= 0.3 is 0 Å². The van der Waals surface area contributed by atoms with Crippen LogP contribution in [0.1, 0.15) is 62.6 Å². The molecule has 1 saturated heterocycles. The van der Waals surface area contributed by atoms with E-state index in [0.717, 1.165) is 0 Å². The fourth-order valence-corrected chi connectivity index (χ4v) is 2.87. The Bertz CT molecular complexity index is 540. The molecule has 1 aromatic heterocycles. The number of carbonyl (C=O) groups excluding carboxylic acids is 1. The van der Waals surface area contributed by atoms with Crippen LogP contribution in [0.3, 0.4) is 0 Å². The number of rotatable bonds is 2. The summed E-state index contributed by atoms with van der Waals surface area (Å²) in [6.45, 7) is 10.3. The van der Waals surface area contributed by atoms with Gasteiger partial charge in [0.1, 0.15) is 0 Å². The van der Waals surface area contributed by atoms with Crippen LogP contribution in [-0.4, -0.2) is 46.4 Å². The van der Waals surface area contributed by atoms with Crippen LogP contribution in [0.5, 0.6) is 0 Å². The first-order chi connectivity index (χ1) is 9.86. The minimum absolute atomic E-state index is 0.0371. The molecule has 0 N–H and O–H groups in total. The molecule has 1 aliphatic carbocycles. The van der Waals surface area contributed by atoms with Gasteiger partial charge in [-0.05, 0) is 46.6 Å². The van der Waals surface area contributed by atoms with Crippen molar-refractivity contribution in [2.45, 2.75) is 58.1 Å². The maximum absolute atomic E-state index is 12.7. The molecule has 5 nitrogen and oxygen atoms in total. The average Bonchev–Trinajstić information content (AvgIpc) is 3.15. The summed E-state index contributed by atoms with van der Waals surface area (Å²) < 4.78 is 7.55. The Morgan fingerprint density at radius 1 is 1.38 bits per heavy atom. The third-order valence-electron chi connectivity index (χ3n) is 4.12. The zero-order valence-corrected chi connectivity index (χ0v) is 13.4. The van der Waals surface area contributed by atoms with E-state index in [4.69, 9.17) is 4.74 Å². The van der Waals surface area contributed by atoms with Crippen LogP contribution < -0.4 is 0 Å². The normalized spacial score (nSPS) is 23.4. The molecule has 2 aliphatic rings. The molecule has 1 atom stereocenters. The summed E-state index contributed by atoms with van der Waals surface area (Å²) in [5, 5.41) is 4.63. The van der Waals surface area contributed by atoms with E-state index < -0.39 is 0 Å². The minimum Gasteiger partial charge on any atom is -0.375 e. The summed E-state index contributed by atoms with van der Waals surface area (Å²) in [7, 11) is 0. The molecule has 1 aliphatic heterocycles. The number of aromatic nitrogens is 2. The quantitative estimate of drug-likeness (QED) is 0.840. The van der Waals surface area contributed by atoms with E-state index in [9.17, 15) is 4.79 Å². The first-order valence-corrected chi connectivity index (χ1v) is 7.87. The summed E-state index contributed by atoms with van der Waals surface area (Å²) >= 11 is 0.